The van der Waals surface area contributed by atoms with E-state index in [-0.39, 0.29) is 33.1 Å². The molecule has 0 atom stereocenters. The second-order valence-electron chi connectivity index (χ2n) is 5.94. The lowest BCUT2D eigenvalue weighted by Crippen LogP contribution is -2.19. The highest BCUT2D eigenvalue weighted by atomic mass is 35.5. The third kappa shape index (κ3) is 4.22. The summed E-state index contributed by atoms with van der Waals surface area (Å²) in [5.41, 5.74) is 0.379. The summed E-state index contributed by atoms with van der Waals surface area (Å²) >= 11 is 5.73. The average molecular weight is 439 g/mol. The van der Waals surface area contributed by atoms with E-state index in [1.165, 1.54) is 31.3 Å². The lowest BCUT2D eigenvalue weighted by molar-refractivity contribution is 0.140. The Hall–Kier alpha value is -2.98. The van der Waals surface area contributed by atoms with Crippen LogP contribution in [0.1, 0.15) is 11.3 Å². The smallest absolute Gasteiger partial charge is 0.407 e. The van der Waals surface area contributed by atoms with Gasteiger partial charge in [0.2, 0.25) is 9.84 Å². The number of hydrogen-bond acceptors (Lipinski definition) is 6. The number of pyridine rings is 1. The Morgan fingerprint density at radius 2 is 2.07 bits per heavy atom. The number of aromatic nitrogens is 3. The standard InChI is InChI=1S/C18H16ClFN4O4S/c1-11-4-3-5-14(17(11)20)24-16(8-12(23-24)10-28-18(25)21-2)29(26,27)13-6-7-15(19)22-9-13/h3-9H,10H2,1-2H3,(H,21,25). The second-order valence-corrected chi connectivity index (χ2v) is 8.22. The zero-order valence-corrected chi connectivity index (χ0v) is 17.0. The Morgan fingerprint density at radius 1 is 1.31 bits per heavy atom. The molecule has 0 aliphatic carbocycles. The fraction of sp³-hybridized carbons (Fsp3) is 0.167. The Balaban J connectivity index is 2.16. The Labute approximate surface area is 171 Å². The van der Waals surface area contributed by atoms with Crippen molar-refractivity contribution in [1.29, 1.82) is 0 Å². The lowest BCUT2D eigenvalue weighted by Gasteiger charge is -2.10. The number of halogens is 2. The number of nitrogens with one attached hydrogen (secondary N) is 1. The van der Waals surface area contributed by atoms with Crippen molar-refractivity contribution in [1.82, 2.24) is 20.1 Å². The van der Waals surface area contributed by atoms with E-state index in [4.69, 9.17) is 16.3 Å². The third-order valence-electron chi connectivity index (χ3n) is 3.97. The summed E-state index contributed by atoms with van der Waals surface area (Å²) in [5.74, 6) is -0.625. The van der Waals surface area contributed by atoms with Gasteiger partial charge in [-0.3, -0.25) is 0 Å². The normalized spacial score (nSPS) is 11.3. The van der Waals surface area contributed by atoms with Crippen LogP contribution in [0, 0.1) is 12.7 Å². The maximum absolute atomic E-state index is 14.7. The second kappa shape index (κ2) is 8.18. The maximum atomic E-state index is 14.7. The van der Waals surface area contributed by atoms with Gasteiger partial charge in [-0.2, -0.15) is 5.10 Å². The van der Waals surface area contributed by atoms with Crippen LogP contribution in [-0.4, -0.2) is 36.3 Å². The Kier molecular flexibility index (Phi) is 5.85. The van der Waals surface area contributed by atoms with Crippen molar-refractivity contribution < 1.29 is 22.3 Å². The molecule has 2 heterocycles. The molecule has 8 nitrogen and oxygen atoms in total. The van der Waals surface area contributed by atoms with Crippen molar-refractivity contribution in [3.05, 3.63) is 64.8 Å². The monoisotopic (exact) mass is 438 g/mol. The first kappa shape index (κ1) is 20.7. The lowest BCUT2D eigenvalue weighted by atomic mass is 10.2. The third-order valence-corrected chi connectivity index (χ3v) is 5.90. The van der Waals surface area contributed by atoms with E-state index in [1.807, 2.05) is 0 Å². The minimum absolute atomic E-state index is 0.0586. The van der Waals surface area contributed by atoms with Crippen LogP contribution in [-0.2, 0) is 21.2 Å². The van der Waals surface area contributed by atoms with E-state index in [0.29, 0.717) is 5.56 Å². The predicted molar refractivity (Wildman–Crippen MR) is 102 cm³/mol. The molecular formula is C18H16ClFN4O4S. The van der Waals surface area contributed by atoms with Gasteiger partial charge in [-0.25, -0.2) is 27.3 Å². The van der Waals surface area contributed by atoms with E-state index in [2.05, 4.69) is 15.4 Å². The molecule has 1 aromatic carbocycles. The minimum Gasteiger partial charge on any atom is -0.443 e. The summed E-state index contributed by atoms with van der Waals surface area (Å²) in [6.07, 6.45) is 0.384. The van der Waals surface area contributed by atoms with Crippen LogP contribution in [0.3, 0.4) is 0 Å². The summed E-state index contributed by atoms with van der Waals surface area (Å²) in [4.78, 5) is 15.0. The molecule has 1 N–H and O–H groups in total. The van der Waals surface area contributed by atoms with Crippen LogP contribution in [0.5, 0.6) is 0 Å². The van der Waals surface area contributed by atoms with Crippen LogP contribution in [0.2, 0.25) is 5.15 Å². The molecule has 29 heavy (non-hydrogen) atoms. The summed E-state index contributed by atoms with van der Waals surface area (Å²) in [6, 6.07) is 8.37. The zero-order chi connectivity index (χ0) is 21.2. The van der Waals surface area contributed by atoms with Crippen LogP contribution in [0.15, 0.2) is 52.5 Å². The molecule has 0 saturated carbocycles. The number of alkyl carbamates (subject to hydrolysis) is 1. The number of sulfone groups is 1. The first-order chi connectivity index (χ1) is 13.7. The molecule has 2 aromatic heterocycles. The summed E-state index contributed by atoms with van der Waals surface area (Å²) in [7, 11) is -2.75. The largest absolute Gasteiger partial charge is 0.443 e. The maximum Gasteiger partial charge on any atom is 0.407 e. The highest BCUT2D eigenvalue weighted by Crippen LogP contribution is 2.27. The molecule has 152 valence electrons. The Bertz CT molecular complexity index is 1160. The van der Waals surface area contributed by atoms with Gasteiger partial charge in [0, 0.05) is 19.3 Å². The van der Waals surface area contributed by atoms with Crippen molar-refractivity contribution in [2.75, 3.05) is 7.05 Å². The molecule has 3 rings (SSSR count). The van der Waals surface area contributed by atoms with E-state index >= 15 is 0 Å². The number of nitrogens with zero attached hydrogens (tertiary/aromatic N) is 3. The summed E-state index contributed by atoms with van der Waals surface area (Å²) in [6.45, 7) is 1.25. The molecular weight excluding hydrogens is 423 g/mol. The molecule has 0 unspecified atom stereocenters. The van der Waals surface area contributed by atoms with Crippen LogP contribution < -0.4 is 5.32 Å². The molecule has 0 saturated heterocycles. The molecule has 0 spiro atoms. The number of carbonyl (C=O) groups is 1. The first-order valence-electron chi connectivity index (χ1n) is 8.29. The first-order valence-corrected chi connectivity index (χ1v) is 10.2. The number of carbonyl (C=O) groups excluding carboxylic acids is 1. The van der Waals surface area contributed by atoms with Crippen LogP contribution in [0.4, 0.5) is 9.18 Å². The van der Waals surface area contributed by atoms with Gasteiger partial charge >= 0.3 is 6.09 Å². The minimum atomic E-state index is -4.13. The van der Waals surface area contributed by atoms with Gasteiger partial charge in [-0.05, 0) is 30.7 Å². The molecule has 0 aliphatic heterocycles. The van der Waals surface area contributed by atoms with Crippen LogP contribution in [0.25, 0.3) is 5.69 Å². The number of ether oxygens (including phenoxy) is 1. The van der Waals surface area contributed by atoms with Gasteiger partial charge < -0.3 is 10.1 Å². The average Bonchev–Trinajstić information content (AvgIpc) is 3.13. The van der Waals surface area contributed by atoms with Gasteiger partial charge in [0.05, 0.1) is 4.90 Å². The van der Waals surface area contributed by atoms with Gasteiger partial charge in [-0.15, -0.1) is 0 Å². The number of benzene rings is 1. The van der Waals surface area contributed by atoms with Crippen molar-refractivity contribution in [2.45, 2.75) is 23.5 Å². The predicted octanol–water partition coefficient (Wildman–Crippen LogP) is 3.06. The zero-order valence-electron chi connectivity index (χ0n) is 15.4. The van der Waals surface area contributed by atoms with Crippen LogP contribution >= 0.6 is 11.6 Å². The molecule has 3 aromatic rings. The SMILES string of the molecule is CNC(=O)OCc1cc(S(=O)(=O)c2ccc(Cl)nc2)n(-c2cccc(C)c2F)n1. The summed E-state index contributed by atoms with van der Waals surface area (Å²) < 4.78 is 46.9. The van der Waals surface area contributed by atoms with E-state index in [1.54, 1.807) is 19.1 Å². The molecule has 0 aliphatic rings. The molecule has 0 bridgehead atoms. The number of amides is 1. The summed E-state index contributed by atoms with van der Waals surface area (Å²) in [5, 5.41) is 6.24. The molecule has 11 heteroatoms. The topological polar surface area (TPSA) is 103 Å². The highest BCUT2D eigenvalue weighted by molar-refractivity contribution is 7.91. The van der Waals surface area contributed by atoms with E-state index in [0.717, 1.165) is 10.9 Å². The van der Waals surface area contributed by atoms with Crippen molar-refractivity contribution >= 4 is 27.5 Å². The number of hydrogen-bond donors (Lipinski definition) is 1. The molecule has 0 radical (unpaired) electrons. The van der Waals surface area contributed by atoms with Crippen molar-refractivity contribution in [2.24, 2.45) is 0 Å². The number of aryl methyl sites for hydroxylation is 1. The quantitative estimate of drug-likeness (QED) is 0.614. The highest BCUT2D eigenvalue weighted by Gasteiger charge is 2.27. The van der Waals surface area contributed by atoms with E-state index < -0.39 is 21.7 Å². The molecule has 0 fully saturated rings. The van der Waals surface area contributed by atoms with Gasteiger partial charge in [0.1, 0.15) is 23.1 Å². The fourth-order valence-electron chi connectivity index (χ4n) is 2.49. The van der Waals surface area contributed by atoms with Crippen molar-refractivity contribution in [3.63, 3.8) is 0 Å². The van der Waals surface area contributed by atoms with E-state index in [9.17, 15) is 17.6 Å². The van der Waals surface area contributed by atoms with Gasteiger partial charge in [0.25, 0.3) is 0 Å². The number of rotatable bonds is 5. The molecule has 1 amide bonds. The van der Waals surface area contributed by atoms with Crippen molar-refractivity contribution in [3.8, 4) is 5.69 Å². The van der Waals surface area contributed by atoms with Gasteiger partial charge in [-0.1, -0.05) is 23.7 Å². The Morgan fingerprint density at radius 3 is 2.72 bits per heavy atom. The van der Waals surface area contributed by atoms with Gasteiger partial charge in [0.15, 0.2) is 10.8 Å². The fourth-order valence-corrected chi connectivity index (χ4v) is 3.94.